The van der Waals surface area contributed by atoms with E-state index < -0.39 is 7.12 Å². The third-order valence-electron chi connectivity index (χ3n) is 7.60. The number of anilines is 1. The predicted molar refractivity (Wildman–Crippen MR) is 131 cm³/mol. The van der Waals surface area contributed by atoms with Crippen molar-refractivity contribution < 1.29 is 9.68 Å². The van der Waals surface area contributed by atoms with Gasteiger partial charge in [-0.2, -0.15) is 0 Å². The van der Waals surface area contributed by atoms with Gasteiger partial charge in [-0.1, -0.05) is 36.0 Å². The van der Waals surface area contributed by atoms with E-state index in [1.54, 1.807) is 11.8 Å². The van der Waals surface area contributed by atoms with Gasteiger partial charge in [0.05, 0.1) is 19.0 Å². The Labute approximate surface area is 198 Å². The zero-order valence-corrected chi connectivity index (χ0v) is 19.5. The molecule has 1 atom stereocenters. The van der Waals surface area contributed by atoms with Crippen molar-refractivity contribution in [1.29, 1.82) is 0 Å². The van der Waals surface area contributed by atoms with E-state index in [4.69, 9.17) is 15.4 Å². The number of hydrogen-bond acceptors (Lipinski definition) is 7. The second kappa shape index (κ2) is 8.13. The van der Waals surface area contributed by atoms with Crippen molar-refractivity contribution in [2.45, 2.75) is 48.8 Å². The smallest absolute Gasteiger partial charge is 0.423 e. The molecule has 0 unspecified atom stereocenters. The van der Waals surface area contributed by atoms with Crippen LogP contribution in [0.1, 0.15) is 41.1 Å². The number of piperidine rings is 1. The Morgan fingerprint density at radius 3 is 2.73 bits per heavy atom. The molecule has 3 heterocycles. The molecule has 6 rings (SSSR count). The van der Waals surface area contributed by atoms with Crippen LogP contribution in [0.5, 0.6) is 0 Å². The van der Waals surface area contributed by atoms with Gasteiger partial charge in [-0.15, -0.1) is 0 Å². The third-order valence-corrected chi connectivity index (χ3v) is 8.49. The molecular formula is C25H27BN4O2S. The second-order valence-corrected chi connectivity index (χ2v) is 10.6. The highest BCUT2D eigenvalue weighted by Gasteiger charge is 2.45. The third kappa shape index (κ3) is 3.65. The van der Waals surface area contributed by atoms with Crippen molar-refractivity contribution in [2.24, 2.45) is 11.1 Å². The normalized spacial score (nSPS) is 20.9. The Morgan fingerprint density at radius 2 is 1.97 bits per heavy atom. The van der Waals surface area contributed by atoms with Crippen LogP contribution in [-0.2, 0) is 17.7 Å². The summed E-state index contributed by atoms with van der Waals surface area (Å²) in [6.07, 6.45) is 6.97. The van der Waals surface area contributed by atoms with Crippen LogP contribution < -0.4 is 16.1 Å². The minimum atomic E-state index is -0.810. The molecule has 33 heavy (non-hydrogen) atoms. The Balaban J connectivity index is 1.12. The van der Waals surface area contributed by atoms with Crippen LogP contribution in [0, 0.1) is 12.3 Å². The summed E-state index contributed by atoms with van der Waals surface area (Å²) in [7, 11) is -0.810. The van der Waals surface area contributed by atoms with Crippen LogP contribution in [0.25, 0.3) is 0 Å². The van der Waals surface area contributed by atoms with Gasteiger partial charge in [0.1, 0.15) is 10.8 Å². The number of nitrogens with two attached hydrogens (primary N) is 1. The Bertz CT molecular complexity index is 1200. The first-order chi connectivity index (χ1) is 16.0. The van der Waals surface area contributed by atoms with Gasteiger partial charge in [0.2, 0.25) is 0 Å². The molecule has 8 heteroatoms. The van der Waals surface area contributed by atoms with Crippen LogP contribution in [0.2, 0.25) is 0 Å². The van der Waals surface area contributed by atoms with Gasteiger partial charge < -0.3 is 20.3 Å². The number of aryl methyl sites for hydroxylation is 1. The van der Waals surface area contributed by atoms with Gasteiger partial charge in [0, 0.05) is 24.0 Å². The van der Waals surface area contributed by atoms with E-state index in [1.807, 2.05) is 19.3 Å². The molecule has 3 N–H and O–H groups in total. The summed E-state index contributed by atoms with van der Waals surface area (Å²) in [5.41, 5.74) is 12.6. The lowest BCUT2D eigenvalue weighted by atomic mass is 9.73. The quantitative estimate of drug-likeness (QED) is 0.584. The van der Waals surface area contributed by atoms with Crippen molar-refractivity contribution >= 4 is 30.2 Å². The zero-order valence-electron chi connectivity index (χ0n) is 18.7. The molecule has 0 radical (unpaired) electrons. The first-order valence-electron chi connectivity index (χ1n) is 11.5. The molecule has 6 nitrogen and oxygen atoms in total. The van der Waals surface area contributed by atoms with Gasteiger partial charge in [-0.25, -0.2) is 9.97 Å². The average Bonchev–Trinajstić information content (AvgIpc) is 3.33. The van der Waals surface area contributed by atoms with E-state index >= 15 is 0 Å². The molecule has 1 saturated heterocycles. The number of rotatable bonds is 3. The van der Waals surface area contributed by atoms with Gasteiger partial charge in [0.15, 0.2) is 0 Å². The fourth-order valence-corrected chi connectivity index (χ4v) is 6.64. The van der Waals surface area contributed by atoms with Crippen LogP contribution in [-0.4, -0.2) is 35.2 Å². The van der Waals surface area contributed by atoms with Gasteiger partial charge in [-0.3, -0.25) is 0 Å². The Kier molecular flexibility index (Phi) is 5.21. The van der Waals surface area contributed by atoms with Gasteiger partial charge in [0.25, 0.3) is 0 Å². The lowest BCUT2D eigenvalue weighted by Crippen LogP contribution is -2.44. The number of fused-ring (bicyclic) bond motifs is 2. The number of benzene rings is 2. The monoisotopic (exact) mass is 458 g/mol. The molecule has 1 spiro atoms. The summed E-state index contributed by atoms with van der Waals surface area (Å²) in [5.74, 6) is 0.930. The van der Waals surface area contributed by atoms with Crippen LogP contribution >= 0.6 is 11.8 Å². The minimum Gasteiger partial charge on any atom is -0.423 e. The molecule has 1 aromatic heterocycles. The lowest BCUT2D eigenvalue weighted by molar-refractivity contribution is 0.187. The Hall–Kier alpha value is -2.39. The van der Waals surface area contributed by atoms with E-state index in [0.29, 0.717) is 6.61 Å². The molecular weight excluding hydrogens is 431 g/mol. The van der Waals surface area contributed by atoms with Gasteiger partial charge >= 0.3 is 7.12 Å². The van der Waals surface area contributed by atoms with E-state index in [-0.39, 0.29) is 11.5 Å². The Morgan fingerprint density at radius 1 is 1.15 bits per heavy atom. The topological polar surface area (TPSA) is 84.5 Å². The molecule has 3 aromatic rings. The summed E-state index contributed by atoms with van der Waals surface area (Å²) >= 11 is 1.59. The molecule has 0 saturated carbocycles. The fraction of sp³-hybridized carbons (Fsp3) is 0.360. The summed E-state index contributed by atoms with van der Waals surface area (Å²) < 4.78 is 5.36. The van der Waals surface area contributed by atoms with Crippen LogP contribution in [0.4, 0.5) is 5.82 Å². The summed E-state index contributed by atoms with van der Waals surface area (Å²) in [6, 6.07) is 12.9. The van der Waals surface area contributed by atoms with Crippen molar-refractivity contribution in [2.75, 3.05) is 18.0 Å². The largest absolute Gasteiger partial charge is 0.492 e. The molecule has 168 valence electrons. The maximum absolute atomic E-state index is 9.96. The highest BCUT2D eigenvalue weighted by atomic mass is 32.2. The fourth-order valence-electron chi connectivity index (χ4n) is 5.75. The predicted octanol–water partition coefficient (Wildman–Crippen LogP) is 3.00. The lowest BCUT2D eigenvalue weighted by Gasteiger charge is -2.42. The molecule has 2 aromatic carbocycles. The maximum atomic E-state index is 9.96. The summed E-state index contributed by atoms with van der Waals surface area (Å²) in [4.78, 5) is 12.8. The second-order valence-electron chi connectivity index (χ2n) is 9.49. The molecule has 1 fully saturated rings. The van der Waals surface area contributed by atoms with E-state index in [2.05, 4.69) is 46.3 Å². The molecule has 1 aliphatic carbocycles. The average molecular weight is 458 g/mol. The van der Waals surface area contributed by atoms with Crippen LogP contribution in [0.3, 0.4) is 0 Å². The van der Waals surface area contributed by atoms with Crippen molar-refractivity contribution in [1.82, 2.24) is 9.97 Å². The minimum absolute atomic E-state index is 0.128. The van der Waals surface area contributed by atoms with E-state index in [1.165, 1.54) is 11.1 Å². The highest BCUT2D eigenvalue weighted by molar-refractivity contribution is 7.99. The number of nitrogens with zero attached hydrogens (tertiary/aromatic N) is 3. The number of aromatic nitrogens is 2. The zero-order chi connectivity index (χ0) is 22.6. The van der Waals surface area contributed by atoms with Crippen LogP contribution in [0.15, 0.2) is 58.7 Å². The maximum Gasteiger partial charge on any atom is 0.492 e. The van der Waals surface area contributed by atoms with Crippen molar-refractivity contribution in [3.05, 3.63) is 71.0 Å². The summed E-state index contributed by atoms with van der Waals surface area (Å²) in [5, 5.41) is 10.8. The summed E-state index contributed by atoms with van der Waals surface area (Å²) in [6.45, 7) is 4.36. The first-order valence-corrected chi connectivity index (χ1v) is 12.4. The van der Waals surface area contributed by atoms with Crippen molar-refractivity contribution in [3.63, 3.8) is 0 Å². The highest BCUT2D eigenvalue weighted by Crippen LogP contribution is 2.50. The molecule has 0 amide bonds. The van der Waals surface area contributed by atoms with Gasteiger partial charge in [-0.05, 0) is 71.5 Å². The SMILES string of the molecule is Cc1cc(Sc2cnc(N3CCC4(CC3)Cc3ccccc3[C@H]4N)cn2)cc2c1B(O)OC2. The first kappa shape index (κ1) is 21.2. The van der Waals surface area contributed by atoms with E-state index in [0.717, 1.165) is 64.7 Å². The molecule has 3 aliphatic rings. The number of hydrogen-bond donors (Lipinski definition) is 2. The molecule has 0 bridgehead atoms. The van der Waals surface area contributed by atoms with Crippen molar-refractivity contribution in [3.8, 4) is 0 Å². The van der Waals surface area contributed by atoms with E-state index in [9.17, 15) is 5.02 Å². The standard InChI is InChI=1S/C25H27BN4O2S/c1-16-10-19(11-18-15-32-26(31)23(16)18)33-22-14-28-21(13-29-22)30-8-6-25(7-9-30)12-17-4-2-3-5-20(17)24(25)27/h2-5,10-11,13-14,24,31H,6-9,12,15,27H2,1H3/t24-/m1/s1. The molecule has 2 aliphatic heterocycles.